The number of nitrogens with one attached hydrogen (secondary N) is 1. The van der Waals surface area contributed by atoms with Crippen LogP contribution in [0.25, 0.3) is 0 Å². The summed E-state index contributed by atoms with van der Waals surface area (Å²) in [6.45, 7) is 0. The fourth-order valence-corrected chi connectivity index (χ4v) is 3.02. The molecule has 2 bridgehead atoms. The third-order valence-corrected chi connectivity index (χ3v) is 3.61. The first-order valence-corrected chi connectivity index (χ1v) is 5.44. The summed E-state index contributed by atoms with van der Waals surface area (Å²) in [5, 5.41) is 3.68. The summed E-state index contributed by atoms with van der Waals surface area (Å²) in [6.07, 6.45) is 5.68. The SMILES string of the molecule is C1CC2CCC(CCS1)N2. The van der Waals surface area contributed by atoms with Gasteiger partial charge in [0.1, 0.15) is 0 Å². The van der Waals surface area contributed by atoms with E-state index in [9.17, 15) is 0 Å². The molecule has 0 aromatic rings. The summed E-state index contributed by atoms with van der Waals surface area (Å²) in [7, 11) is 0. The van der Waals surface area contributed by atoms with Crippen molar-refractivity contribution in [3.8, 4) is 0 Å². The van der Waals surface area contributed by atoms with E-state index >= 15 is 0 Å². The lowest BCUT2D eigenvalue weighted by Gasteiger charge is -2.17. The van der Waals surface area contributed by atoms with Crippen molar-refractivity contribution in [2.75, 3.05) is 11.5 Å². The van der Waals surface area contributed by atoms with Crippen LogP contribution in [0.1, 0.15) is 25.7 Å². The second-order valence-electron chi connectivity index (χ2n) is 3.33. The molecule has 1 N–H and O–H groups in total. The van der Waals surface area contributed by atoms with Crippen molar-refractivity contribution >= 4 is 11.8 Å². The Kier molecular flexibility index (Phi) is 2.19. The molecule has 0 aliphatic carbocycles. The maximum atomic E-state index is 3.68. The van der Waals surface area contributed by atoms with Crippen LogP contribution in [0.4, 0.5) is 0 Å². The minimum Gasteiger partial charge on any atom is -0.311 e. The molecule has 0 amide bonds. The van der Waals surface area contributed by atoms with E-state index in [1.807, 2.05) is 0 Å². The van der Waals surface area contributed by atoms with Crippen LogP contribution in [0.2, 0.25) is 0 Å². The molecule has 2 saturated heterocycles. The van der Waals surface area contributed by atoms with E-state index in [1.54, 1.807) is 0 Å². The van der Waals surface area contributed by atoms with E-state index in [2.05, 4.69) is 17.1 Å². The first kappa shape index (κ1) is 6.99. The highest BCUT2D eigenvalue weighted by atomic mass is 32.2. The van der Waals surface area contributed by atoms with Gasteiger partial charge in [-0.1, -0.05) is 0 Å². The molecule has 2 heteroatoms. The second-order valence-corrected chi connectivity index (χ2v) is 4.55. The fraction of sp³-hybridized carbons (Fsp3) is 1.00. The maximum Gasteiger partial charge on any atom is 0.00780 e. The molecule has 2 aliphatic heterocycles. The lowest BCUT2D eigenvalue weighted by Crippen LogP contribution is -2.31. The molecule has 2 atom stereocenters. The van der Waals surface area contributed by atoms with E-state index in [0.29, 0.717) is 0 Å². The first-order chi connectivity index (χ1) is 4.95. The molecule has 10 heavy (non-hydrogen) atoms. The molecule has 0 radical (unpaired) electrons. The molecule has 0 spiro atoms. The molecule has 2 heterocycles. The molecular formula is C8H15NS. The van der Waals surface area contributed by atoms with E-state index in [1.165, 1.54) is 37.2 Å². The molecular weight excluding hydrogens is 142 g/mol. The molecule has 58 valence electrons. The molecule has 2 fully saturated rings. The number of hydrogen-bond acceptors (Lipinski definition) is 2. The van der Waals surface area contributed by atoms with Gasteiger partial charge in [-0.3, -0.25) is 0 Å². The molecule has 2 unspecified atom stereocenters. The quantitative estimate of drug-likeness (QED) is 0.573. The van der Waals surface area contributed by atoms with Crippen molar-refractivity contribution in [2.24, 2.45) is 0 Å². The smallest absolute Gasteiger partial charge is 0.00780 e. The normalized spacial score (nSPS) is 40.8. The summed E-state index contributed by atoms with van der Waals surface area (Å²) in [5.74, 6) is 2.76. The van der Waals surface area contributed by atoms with Crippen molar-refractivity contribution in [1.82, 2.24) is 5.32 Å². The van der Waals surface area contributed by atoms with Crippen molar-refractivity contribution in [3.63, 3.8) is 0 Å². The van der Waals surface area contributed by atoms with Gasteiger partial charge in [0.15, 0.2) is 0 Å². The zero-order valence-electron chi connectivity index (χ0n) is 6.31. The Morgan fingerprint density at radius 1 is 0.900 bits per heavy atom. The van der Waals surface area contributed by atoms with Gasteiger partial charge >= 0.3 is 0 Å². The third kappa shape index (κ3) is 1.48. The van der Waals surface area contributed by atoms with Gasteiger partial charge in [-0.25, -0.2) is 0 Å². The molecule has 0 aromatic heterocycles. The van der Waals surface area contributed by atoms with E-state index in [-0.39, 0.29) is 0 Å². The molecule has 0 saturated carbocycles. The summed E-state index contributed by atoms with van der Waals surface area (Å²) in [4.78, 5) is 0. The van der Waals surface area contributed by atoms with Crippen molar-refractivity contribution in [1.29, 1.82) is 0 Å². The monoisotopic (exact) mass is 157 g/mol. The minimum absolute atomic E-state index is 0.873. The van der Waals surface area contributed by atoms with Crippen LogP contribution in [-0.4, -0.2) is 23.6 Å². The minimum atomic E-state index is 0.873. The van der Waals surface area contributed by atoms with Gasteiger partial charge in [-0.05, 0) is 37.2 Å². The Labute approximate surface area is 67.0 Å². The highest BCUT2D eigenvalue weighted by Gasteiger charge is 2.24. The average molecular weight is 157 g/mol. The highest BCUT2D eigenvalue weighted by molar-refractivity contribution is 7.99. The molecule has 2 aliphatic rings. The number of rotatable bonds is 0. The van der Waals surface area contributed by atoms with Gasteiger partial charge in [-0.15, -0.1) is 0 Å². The van der Waals surface area contributed by atoms with Crippen LogP contribution in [-0.2, 0) is 0 Å². The Morgan fingerprint density at radius 3 is 2.10 bits per heavy atom. The first-order valence-electron chi connectivity index (χ1n) is 4.29. The van der Waals surface area contributed by atoms with Gasteiger partial charge in [-0.2, -0.15) is 11.8 Å². The molecule has 2 rings (SSSR count). The second kappa shape index (κ2) is 3.14. The Bertz CT molecular complexity index is 104. The van der Waals surface area contributed by atoms with Crippen LogP contribution >= 0.6 is 11.8 Å². The van der Waals surface area contributed by atoms with Crippen LogP contribution in [0.5, 0.6) is 0 Å². The summed E-state index contributed by atoms with van der Waals surface area (Å²) in [5.41, 5.74) is 0. The third-order valence-electron chi connectivity index (χ3n) is 2.56. The van der Waals surface area contributed by atoms with Crippen molar-refractivity contribution in [2.45, 2.75) is 37.8 Å². The summed E-state index contributed by atoms with van der Waals surface area (Å²) < 4.78 is 0. The zero-order chi connectivity index (χ0) is 6.81. The largest absolute Gasteiger partial charge is 0.311 e. The molecule has 0 aromatic carbocycles. The van der Waals surface area contributed by atoms with E-state index in [4.69, 9.17) is 0 Å². The lowest BCUT2D eigenvalue weighted by molar-refractivity contribution is 0.515. The Hall–Kier alpha value is 0.310. The van der Waals surface area contributed by atoms with Crippen LogP contribution < -0.4 is 5.32 Å². The van der Waals surface area contributed by atoms with E-state index < -0.39 is 0 Å². The van der Waals surface area contributed by atoms with Gasteiger partial charge in [0.25, 0.3) is 0 Å². The Balaban J connectivity index is 1.91. The fourth-order valence-electron chi connectivity index (χ4n) is 1.91. The number of hydrogen-bond donors (Lipinski definition) is 1. The maximum absolute atomic E-state index is 3.68. The average Bonchev–Trinajstić information content (AvgIpc) is 2.30. The number of fused-ring (bicyclic) bond motifs is 2. The lowest BCUT2D eigenvalue weighted by atomic mass is 10.1. The van der Waals surface area contributed by atoms with Crippen LogP contribution in [0, 0.1) is 0 Å². The van der Waals surface area contributed by atoms with Gasteiger partial charge < -0.3 is 5.32 Å². The van der Waals surface area contributed by atoms with Gasteiger partial charge in [0.2, 0.25) is 0 Å². The topological polar surface area (TPSA) is 12.0 Å². The summed E-state index contributed by atoms with van der Waals surface area (Å²) in [6, 6.07) is 1.75. The van der Waals surface area contributed by atoms with Crippen molar-refractivity contribution in [3.05, 3.63) is 0 Å². The predicted molar refractivity (Wildman–Crippen MR) is 46.5 cm³/mol. The van der Waals surface area contributed by atoms with Crippen LogP contribution in [0.15, 0.2) is 0 Å². The van der Waals surface area contributed by atoms with E-state index in [0.717, 1.165) is 12.1 Å². The van der Waals surface area contributed by atoms with Gasteiger partial charge in [0.05, 0.1) is 0 Å². The Morgan fingerprint density at radius 2 is 1.50 bits per heavy atom. The zero-order valence-corrected chi connectivity index (χ0v) is 7.12. The summed E-state index contributed by atoms with van der Waals surface area (Å²) >= 11 is 2.14. The van der Waals surface area contributed by atoms with Crippen LogP contribution in [0.3, 0.4) is 0 Å². The predicted octanol–water partition coefficient (Wildman–Crippen LogP) is 1.63. The standard InChI is InChI=1S/C8H15NS/c1-2-8-4-6-10-5-3-7(1)9-8/h7-9H,1-6H2. The number of thioether (sulfide) groups is 1. The molecule has 1 nitrogen and oxygen atoms in total. The highest BCUT2D eigenvalue weighted by Crippen LogP contribution is 2.23. The van der Waals surface area contributed by atoms with Gasteiger partial charge in [0, 0.05) is 12.1 Å². The van der Waals surface area contributed by atoms with Crippen molar-refractivity contribution < 1.29 is 0 Å².